The van der Waals surface area contributed by atoms with E-state index in [9.17, 15) is 4.79 Å². The molecule has 7 nitrogen and oxygen atoms in total. The Morgan fingerprint density at radius 3 is 2.71 bits per heavy atom. The van der Waals surface area contributed by atoms with Gasteiger partial charge in [-0.05, 0) is 48.7 Å². The molecule has 1 aliphatic heterocycles. The topological polar surface area (TPSA) is 92.2 Å². The van der Waals surface area contributed by atoms with Gasteiger partial charge in [-0.3, -0.25) is 10.2 Å². The number of benzene rings is 2. The van der Waals surface area contributed by atoms with Gasteiger partial charge < -0.3 is 14.6 Å². The fourth-order valence-electron chi connectivity index (χ4n) is 3.30. The molecule has 164 valence electrons. The minimum atomic E-state index is -1.06. The van der Waals surface area contributed by atoms with Gasteiger partial charge in [0.25, 0.3) is 5.91 Å². The molecule has 2 aromatic carbocycles. The predicted molar refractivity (Wildman–Crippen MR) is 121 cm³/mol. The minimum Gasteiger partial charge on any atom is -0.494 e. The molecule has 1 heterocycles. The molecular weight excluding hydrogens is 462 g/mol. The third-order valence-corrected chi connectivity index (χ3v) is 6.04. The smallest absolute Gasteiger partial charge is 0.266 e. The Morgan fingerprint density at radius 2 is 2.00 bits per heavy atom. The van der Waals surface area contributed by atoms with Gasteiger partial charge in [0.1, 0.15) is 12.4 Å². The number of aliphatic hydroxyl groups excluding tert-OH is 1. The van der Waals surface area contributed by atoms with Gasteiger partial charge in [-0.2, -0.15) is 0 Å². The second-order valence-electron chi connectivity index (χ2n) is 7.83. The van der Waals surface area contributed by atoms with E-state index in [0.29, 0.717) is 37.1 Å². The lowest BCUT2D eigenvalue weighted by Crippen LogP contribution is -2.53. The van der Waals surface area contributed by atoms with Crippen LogP contribution in [0.15, 0.2) is 58.0 Å². The van der Waals surface area contributed by atoms with Gasteiger partial charge in [-0.25, -0.2) is 10.4 Å². The van der Waals surface area contributed by atoms with Gasteiger partial charge in [0, 0.05) is 35.5 Å². The number of amides is 1. The fourth-order valence-corrected chi connectivity index (χ4v) is 3.72. The lowest BCUT2D eigenvalue weighted by molar-refractivity contribution is -0.127. The molecule has 1 aliphatic carbocycles. The normalized spacial score (nSPS) is 20.1. The number of rotatable bonds is 10. The Balaban J connectivity index is 1.55. The molecule has 0 aromatic heterocycles. The Kier molecular flexibility index (Phi) is 6.89. The summed E-state index contributed by atoms with van der Waals surface area (Å²) in [7, 11) is 0. The number of aliphatic imine (C=N–C) groups is 1. The number of halogens is 1. The molecule has 1 amide bonds. The van der Waals surface area contributed by atoms with Crippen LogP contribution in [0.25, 0.3) is 0 Å². The molecule has 31 heavy (non-hydrogen) atoms. The summed E-state index contributed by atoms with van der Waals surface area (Å²) >= 11 is 3.58. The van der Waals surface area contributed by atoms with Crippen LogP contribution in [-0.4, -0.2) is 48.3 Å². The second-order valence-corrected chi connectivity index (χ2v) is 8.68. The van der Waals surface area contributed by atoms with E-state index in [0.717, 1.165) is 28.4 Å². The van der Waals surface area contributed by atoms with E-state index < -0.39 is 5.54 Å². The van der Waals surface area contributed by atoms with E-state index in [1.165, 1.54) is 0 Å². The van der Waals surface area contributed by atoms with Crippen molar-refractivity contribution >= 4 is 27.7 Å². The zero-order valence-corrected chi connectivity index (χ0v) is 18.7. The summed E-state index contributed by atoms with van der Waals surface area (Å²) in [6.45, 7) is 0.715. The predicted octanol–water partition coefficient (Wildman–Crippen LogP) is 2.75. The molecule has 0 spiro atoms. The number of nitrogens with zero attached hydrogens (tertiary/aromatic N) is 1. The first kappa shape index (κ1) is 21.8. The summed E-state index contributed by atoms with van der Waals surface area (Å²) in [6.07, 6.45) is 3.13. The van der Waals surface area contributed by atoms with Crippen LogP contribution in [0.5, 0.6) is 5.75 Å². The Hall–Kier alpha value is -2.42. The number of aliphatic hydroxyl groups is 1. The summed E-state index contributed by atoms with van der Waals surface area (Å²) in [5.41, 5.74) is 6.64. The van der Waals surface area contributed by atoms with Crippen molar-refractivity contribution in [2.24, 2.45) is 4.99 Å². The van der Waals surface area contributed by atoms with Crippen molar-refractivity contribution in [2.45, 2.75) is 37.3 Å². The molecule has 3 N–H and O–H groups in total. The van der Waals surface area contributed by atoms with E-state index in [1.54, 1.807) is 0 Å². The highest BCUT2D eigenvalue weighted by Crippen LogP contribution is 2.30. The lowest BCUT2D eigenvalue weighted by atomic mass is 9.91. The number of carbonyl (C=O) groups is 1. The summed E-state index contributed by atoms with van der Waals surface area (Å²) in [5, 5.41) is 8.87. The van der Waals surface area contributed by atoms with Crippen LogP contribution in [0, 0.1) is 0 Å². The van der Waals surface area contributed by atoms with Crippen molar-refractivity contribution in [1.29, 1.82) is 0 Å². The largest absolute Gasteiger partial charge is 0.494 e. The van der Waals surface area contributed by atoms with Gasteiger partial charge in [-0.1, -0.05) is 34.1 Å². The highest BCUT2D eigenvalue weighted by Gasteiger charge is 2.45. The van der Waals surface area contributed by atoms with Crippen molar-refractivity contribution in [2.75, 3.05) is 19.8 Å². The standard InChI is InChI=1S/C23H26BrN3O4/c24-20-5-2-1-4-17(20)14-23(22(29)27-26-18-8-9-18)15-31-21(25-23)16-6-10-19(11-7-16)30-13-3-12-28/h1-2,4-7,10-11,18,26,28H,3,8-9,12-15H2,(H,27,29)/t23-/m0/s1. The third-order valence-electron chi connectivity index (χ3n) is 5.27. The number of hydrazine groups is 1. The highest BCUT2D eigenvalue weighted by atomic mass is 79.9. The SMILES string of the molecule is O=C(NNC1CC1)[C@]1(Cc2ccccc2Br)COC(c2ccc(OCCCO)cc2)=N1. The lowest BCUT2D eigenvalue weighted by Gasteiger charge is -2.24. The van der Waals surface area contributed by atoms with E-state index in [2.05, 4.69) is 26.8 Å². The zero-order valence-electron chi connectivity index (χ0n) is 17.1. The molecule has 2 aromatic rings. The monoisotopic (exact) mass is 487 g/mol. The number of nitrogens with one attached hydrogen (secondary N) is 2. The molecule has 0 radical (unpaired) electrons. The van der Waals surface area contributed by atoms with Crippen molar-refractivity contribution < 1.29 is 19.4 Å². The molecule has 8 heteroatoms. The van der Waals surface area contributed by atoms with Crippen LogP contribution in [-0.2, 0) is 16.0 Å². The maximum Gasteiger partial charge on any atom is 0.266 e. The van der Waals surface area contributed by atoms with E-state index in [1.807, 2.05) is 48.5 Å². The highest BCUT2D eigenvalue weighted by molar-refractivity contribution is 9.10. The molecule has 4 rings (SSSR count). The van der Waals surface area contributed by atoms with E-state index in [4.69, 9.17) is 19.6 Å². The molecule has 0 unspecified atom stereocenters. The quantitative estimate of drug-likeness (QED) is 0.354. The summed E-state index contributed by atoms with van der Waals surface area (Å²) in [6, 6.07) is 15.6. The van der Waals surface area contributed by atoms with Gasteiger partial charge in [0.05, 0.1) is 6.61 Å². The molecule has 0 saturated heterocycles. The maximum atomic E-state index is 13.2. The van der Waals surface area contributed by atoms with Gasteiger partial charge in [-0.15, -0.1) is 0 Å². The molecule has 1 atom stereocenters. The first-order valence-electron chi connectivity index (χ1n) is 10.5. The number of carbonyl (C=O) groups excluding carboxylic acids is 1. The van der Waals surface area contributed by atoms with Crippen LogP contribution in [0.4, 0.5) is 0 Å². The third kappa shape index (κ3) is 5.44. The molecule has 1 saturated carbocycles. The van der Waals surface area contributed by atoms with Crippen LogP contribution in [0.3, 0.4) is 0 Å². The van der Waals surface area contributed by atoms with Gasteiger partial charge in [0.15, 0.2) is 5.54 Å². The summed E-state index contributed by atoms with van der Waals surface area (Å²) < 4.78 is 12.4. The minimum absolute atomic E-state index is 0.0972. The van der Waals surface area contributed by atoms with E-state index >= 15 is 0 Å². The molecule has 1 fully saturated rings. The van der Waals surface area contributed by atoms with Crippen molar-refractivity contribution in [3.05, 3.63) is 64.1 Å². The van der Waals surface area contributed by atoms with Crippen molar-refractivity contribution in [3.8, 4) is 5.75 Å². The number of ether oxygens (including phenoxy) is 2. The Bertz CT molecular complexity index is 946. The summed E-state index contributed by atoms with van der Waals surface area (Å²) in [5.74, 6) is 0.950. The van der Waals surface area contributed by atoms with Gasteiger partial charge in [0.2, 0.25) is 5.90 Å². The number of hydrogen-bond donors (Lipinski definition) is 3. The number of hydrogen-bond acceptors (Lipinski definition) is 6. The second kappa shape index (κ2) is 9.80. The van der Waals surface area contributed by atoms with Crippen LogP contribution in [0.1, 0.15) is 30.4 Å². The average Bonchev–Trinajstić information content (AvgIpc) is 3.52. The maximum absolute atomic E-state index is 13.2. The average molecular weight is 488 g/mol. The van der Waals surface area contributed by atoms with Crippen molar-refractivity contribution in [1.82, 2.24) is 10.9 Å². The fraction of sp³-hybridized carbons (Fsp3) is 0.391. The Morgan fingerprint density at radius 1 is 1.23 bits per heavy atom. The van der Waals surface area contributed by atoms with Crippen LogP contribution < -0.4 is 15.6 Å². The van der Waals surface area contributed by atoms with Crippen molar-refractivity contribution in [3.63, 3.8) is 0 Å². The first-order valence-corrected chi connectivity index (χ1v) is 11.2. The zero-order chi connectivity index (χ0) is 21.7. The molecule has 2 aliphatic rings. The summed E-state index contributed by atoms with van der Waals surface area (Å²) in [4.78, 5) is 18.0. The first-order chi connectivity index (χ1) is 15.1. The van der Waals surface area contributed by atoms with Gasteiger partial charge >= 0.3 is 0 Å². The van der Waals surface area contributed by atoms with Crippen LogP contribution >= 0.6 is 15.9 Å². The molecular formula is C23H26BrN3O4. The van der Waals surface area contributed by atoms with Crippen LogP contribution in [0.2, 0.25) is 0 Å². The van der Waals surface area contributed by atoms with E-state index in [-0.39, 0.29) is 19.1 Å². The Labute approximate surface area is 190 Å². The molecule has 0 bridgehead atoms.